The van der Waals surface area contributed by atoms with Crippen molar-refractivity contribution in [1.29, 1.82) is 0 Å². The Labute approximate surface area is 112 Å². The second kappa shape index (κ2) is 8.13. The number of carboxylic acids is 1. The number of thioether (sulfide) groups is 1. The molecule has 0 amide bonds. The van der Waals surface area contributed by atoms with E-state index in [9.17, 15) is 4.79 Å². The van der Waals surface area contributed by atoms with Crippen LogP contribution in [0.4, 0.5) is 0 Å². The number of nitrogens with zero attached hydrogens (tertiary/aromatic N) is 3. The molecule has 1 atom stereocenters. The summed E-state index contributed by atoms with van der Waals surface area (Å²) in [5.74, 6) is -0.178. The molecule has 0 aliphatic heterocycles. The molecule has 1 heterocycles. The highest BCUT2D eigenvalue weighted by molar-refractivity contribution is 7.99. The van der Waals surface area contributed by atoms with Gasteiger partial charge in [0.05, 0.1) is 5.75 Å². The zero-order valence-corrected chi connectivity index (χ0v) is 11.8. The van der Waals surface area contributed by atoms with E-state index in [1.165, 1.54) is 31.0 Å². The summed E-state index contributed by atoms with van der Waals surface area (Å²) >= 11 is 1.23. The van der Waals surface area contributed by atoms with Crippen molar-refractivity contribution >= 4 is 17.7 Å². The van der Waals surface area contributed by atoms with Crippen LogP contribution in [-0.4, -0.2) is 31.6 Å². The Hall–Kier alpha value is -1.04. The maximum Gasteiger partial charge on any atom is 0.313 e. The lowest BCUT2D eigenvalue weighted by molar-refractivity contribution is -0.133. The van der Waals surface area contributed by atoms with Crippen LogP contribution in [0.3, 0.4) is 0 Å². The Morgan fingerprint density at radius 3 is 2.94 bits per heavy atom. The molecule has 1 N–H and O–H groups in total. The first-order valence-electron chi connectivity index (χ1n) is 6.39. The van der Waals surface area contributed by atoms with Crippen molar-refractivity contribution in [3.8, 4) is 0 Å². The summed E-state index contributed by atoms with van der Waals surface area (Å²) in [6.07, 6.45) is 6.46. The minimum atomic E-state index is -0.826. The van der Waals surface area contributed by atoms with Crippen LogP contribution in [0.5, 0.6) is 0 Å². The third kappa shape index (κ3) is 5.08. The van der Waals surface area contributed by atoms with Crippen molar-refractivity contribution in [2.75, 3.05) is 5.75 Å². The number of hydrogen-bond acceptors (Lipinski definition) is 4. The molecule has 1 unspecified atom stereocenters. The van der Waals surface area contributed by atoms with Crippen molar-refractivity contribution < 1.29 is 9.90 Å². The highest BCUT2D eigenvalue weighted by Gasteiger charge is 2.12. The fourth-order valence-corrected chi connectivity index (χ4v) is 2.45. The van der Waals surface area contributed by atoms with Crippen LogP contribution in [0.25, 0.3) is 0 Å². The van der Waals surface area contributed by atoms with Crippen LogP contribution in [-0.2, 0) is 11.3 Å². The predicted octanol–water partition coefficient (Wildman–Crippen LogP) is 2.67. The summed E-state index contributed by atoms with van der Waals surface area (Å²) in [7, 11) is 0. The molecule has 1 aromatic rings. The zero-order valence-electron chi connectivity index (χ0n) is 11.0. The summed E-state index contributed by atoms with van der Waals surface area (Å²) in [5, 5.41) is 17.2. The SMILES string of the molecule is CCCCC(CC)Cn1cnnc1SCC(=O)O. The summed E-state index contributed by atoms with van der Waals surface area (Å²) < 4.78 is 1.97. The van der Waals surface area contributed by atoms with E-state index in [4.69, 9.17) is 5.11 Å². The van der Waals surface area contributed by atoms with Crippen molar-refractivity contribution in [2.45, 2.75) is 51.2 Å². The summed E-state index contributed by atoms with van der Waals surface area (Å²) in [6, 6.07) is 0. The molecular formula is C12H21N3O2S. The second-order valence-corrected chi connectivity index (χ2v) is 5.31. The molecule has 5 nitrogen and oxygen atoms in total. The molecule has 0 radical (unpaired) electrons. The minimum absolute atomic E-state index is 0.0322. The van der Waals surface area contributed by atoms with Gasteiger partial charge in [0.2, 0.25) is 0 Å². The third-order valence-electron chi connectivity index (χ3n) is 2.90. The van der Waals surface area contributed by atoms with Crippen LogP contribution in [0.15, 0.2) is 11.5 Å². The van der Waals surface area contributed by atoms with Gasteiger partial charge in [-0.2, -0.15) is 0 Å². The first kappa shape index (κ1) is 15.0. The third-order valence-corrected chi connectivity index (χ3v) is 3.87. The van der Waals surface area contributed by atoms with Gasteiger partial charge in [0.1, 0.15) is 6.33 Å². The maximum absolute atomic E-state index is 10.5. The minimum Gasteiger partial charge on any atom is -0.481 e. The normalized spacial score (nSPS) is 12.6. The van der Waals surface area contributed by atoms with E-state index in [2.05, 4.69) is 24.0 Å². The Kier molecular flexibility index (Phi) is 6.78. The van der Waals surface area contributed by atoms with Crippen LogP contribution >= 0.6 is 11.8 Å². The van der Waals surface area contributed by atoms with Gasteiger partial charge in [0.25, 0.3) is 0 Å². The van der Waals surface area contributed by atoms with Crippen LogP contribution in [0, 0.1) is 5.92 Å². The highest BCUT2D eigenvalue weighted by Crippen LogP contribution is 2.20. The number of aromatic nitrogens is 3. The lowest BCUT2D eigenvalue weighted by atomic mass is 9.99. The van der Waals surface area contributed by atoms with E-state index in [0.717, 1.165) is 13.0 Å². The van der Waals surface area contributed by atoms with E-state index in [1.54, 1.807) is 6.33 Å². The standard InChI is InChI=1S/C12H21N3O2S/c1-3-5-6-10(4-2)7-15-9-13-14-12(15)18-8-11(16)17/h9-10H,3-8H2,1-2H3,(H,16,17). The summed E-state index contributed by atoms with van der Waals surface area (Å²) in [4.78, 5) is 10.5. The van der Waals surface area contributed by atoms with E-state index in [1.807, 2.05) is 4.57 Å². The van der Waals surface area contributed by atoms with Crippen molar-refractivity contribution in [1.82, 2.24) is 14.8 Å². The van der Waals surface area contributed by atoms with Gasteiger partial charge in [-0.3, -0.25) is 4.79 Å². The number of rotatable bonds is 9. The number of aliphatic carboxylic acids is 1. The average Bonchev–Trinajstić information content (AvgIpc) is 2.79. The molecule has 0 spiro atoms. The topological polar surface area (TPSA) is 68.0 Å². The molecule has 0 saturated heterocycles. The van der Waals surface area contributed by atoms with Crippen LogP contribution in [0.2, 0.25) is 0 Å². The summed E-state index contributed by atoms with van der Waals surface area (Å²) in [5.41, 5.74) is 0. The van der Waals surface area contributed by atoms with Gasteiger partial charge < -0.3 is 9.67 Å². The molecule has 0 aromatic carbocycles. The monoisotopic (exact) mass is 271 g/mol. The quantitative estimate of drug-likeness (QED) is 0.699. The molecule has 0 aliphatic rings. The first-order chi connectivity index (χ1) is 8.67. The van der Waals surface area contributed by atoms with E-state index in [-0.39, 0.29) is 5.75 Å². The van der Waals surface area contributed by atoms with Crippen LogP contribution in [0.1, 0.15) is 39.5 Å². The first-order valence-corrected chi connectivity index (χ1v) is 7.38. The van der Waals surface area contributed by atoms with E-state index in [0.29, 0.717) is 11.1 Å². The van der Waals surface area contributed by atoms with Gasteiger partial charge in [0.15, 0.2) is 5.16 Å². The van der Waals surface area contributed by atoms with Gasteiger partial charge in [0, 0.05) is 6.54 Å². The van der Waals surface area contributed by atoms with Gasteiger partial charge >= 0.3 is 5.97 Å². The molecule has 1 aromatic heterocycles. The van der Waals surface area contributed by atoms with Crippen molar-refractivity contribution in [2.24, 2.45) is 5.92 Å². The molecule has 1 rings (SSSR count). The molecular weight excluding hydrogens is 250 g/mol. The Morgan fingerprint density at radius 2 is 2.33 bits per heavy atom. The van der Waals surface area contributed by atoms with Gasteiger partial charge in [-0.25, -0.2) is 0 Å². The van der Waals surface area contributed by atoms with Gasteiger partial charge in [-0.15, -0.1) is 10.2 Å². The van der Waals surface area contributed by atoms with Crippen LogP contribution < -0.4 is 0 Å². The van der Waals surface area contributed by atoms with Crippen molar-refractivity contribution in [3.63, 3.8) is 0 Å². The summed E-state index contributed by atoms with van der Waals surface area (Å²) in [6.45, 7) is 5.26. The largest absolute Gasteiger partial charge is 0.481 e. The van der Waals surface area contributed by atoms with E-state index < -0.39 is 5.97 Å². The molecule has 0 bridgehead atoms. The Balaban J connectivity index is 2.54. The Bertz CT molecular complexity index is 368. The average molecular weight is 271 g/mol. The molecule has 0 aliphatic carbocycles. The number of unbranched alkanes of at least 4 members (excludes halogenated alkanes) is 1. The number of carboxylic acid groups (broad SMARTS) is 1. The van der Waals surface area contributed by atoms with Crippen molar-refractivity contribution in [3.05, 3.63) is 6.33 Å². The smallest absolute Gasteiger partial charge is 0.313 e. The number of carbonyl (C=O) groups is 1. The predicted molar refractivity (Wildman–Crippen MR) is 71.7 cm³/mol. The molecule has 18 heavy (non-hydrogen) atoms. The highest BCUT2D eigenvalue weighted by atomic mass is 32.2. The lowest BCUT2D eigenvalue weighted by Crippen LogP contribution is -2.11. The number of hydrogen-bond donors (Lipinski definition) is 1. The second-order valence-electron chi connectivity index (χ2n) is 4.36. The Morgan fingerprint density at radius 1 is 1.56 bits per heavy atom. The lowest BCUT2D eigenvalue weighted by Gasteiger charge is -2.15. The molecule has 6 heteroatoms. The van der Waals surface area contributed by atoms with Gasteiger partial charge in [-0.1, -0.05) is 44.9 Å². The zero-order chi connectivity index (χ0) is 13.4. The molecule has 0 fully saturated rings. The fraction of sp³-hybridized carbons (Fsp3) is 0.750. The fourth-order valence-electron chi connectivity index (χ4n) is 1.80. The van der Waals surface area contributed by atoms with Gasteiger partial charge in [-0.05, 0) is 12.3 Å². The van der Waals surface area contributed by atoms with E-state index >= 15 is 0 Å². The maximum atomic E-state index is 10.5. The molecule has 102 valence electrons. The molecule has 0 saturated carbocycles.